The standard InChI is InChI=1S/C21H27N5O2/c1-15(2)17-6-8-18(9-7-17)21-24-20(28-25-21)11-10-19(27)22-12-4-5-16-13-23-26(3)14-16/h6-9,13-15H,4-5,10-12H2,1-3H3,(H,22,27). The van der Waals surface area contributed by atoms with Crippen LogP contribution in [-0.4, -0.2) is 32.4 Å². The Bertz CT molecular complexity index is 896. The number of nitrogens with one attached hydrogen (secondary N) is 1. The molecule has 0 unspecified atom stereocenters. The number of hydrogen-bond acceptors (Lipinski definition) is 5. The lowest BCUT2D eigenvalue weighted by atomic mass is 10.0. The van der Waals surface area contributed by atoms with E-state index in [1.807, 2.05) is 31.6 Å². The predicted octanol–water partition coefficient (Wildman–Crippen LogP) is 3.28. The van der Waals surface area contributed by atoms with Crippen molar-refractivity contribution < 1.29 is 9.32 Å². The smallest absolute Gasteiger partial charge is 0.227 e. The first-order chi connectivity index (χ1) is 13.5. The van der Waals surface area contributed by atoms with Gasteiger partial charge in [0.2, 0.25) is 17.6 Å². The fourth-order valence-corrected chi connectivity index (χ4v) is 2.92. The highest BCUT2D eigenvalue weighted by molar-refractivity contribution is 5.76. The van der Waals surface area contributed by atoms with E-state index >= 15 is 0 Å². The van der Waals surface area contributed by atoms with Gasteiger partial charge in [-0.05, 0) is 29.9 Å². The molecule has 3 rings (SSSR count). The molecule has 0 atom stereocenters. The maximum Gasteiger partial charge on any atom is 0.227 e. The van der Waals surface area contributed by atoms with Crippen molar-refractivity contribution in [1.29, 1.82) is 0 Å². The third-order valence-corrected chi connectivity index (χ3v) is 4.59. The Morgan fingerprint density at radius 3 is 2.68 bits per heavy atom. The Morgan fingerprint density at radius 1 is 1.21 bits per heavy atom. The summed E-state index contributed by atoms with van der Waals surface area (Å²) in [5.74, 6) is 1.51. The van der Waals surface area contributed by atoms with Crippen LogP contribution >= 0.6 is 0 Å². The number of hydrogen-bond donors (Lipinski definition) is 1. The van der Waals surface area contributed by atoms with Gasteiger partial charge in [-0.25, -0.2) is 0 Å². The molecule has 2 heterocycles. The van der Waals surface area contributed by atoms with E-state index in [1.54, 1.807) is 4.68 Å². The van der Waals surface area contributed by atoms with Crippen LogP contribution in [0, 0.1) is 0 Å². The van der Waals surface area contributed by atoms with Crippen molar-refractivity contribution >= 4 is 5.91 Å². The summed E-state index contributed by atoms with van der Waals surface area (Å²) in [7, 11) is 1.90. The van der Waals surface area contributed by atoms with Gasteiger partial charge in [-0.3, -0.25) is 9.48 Å². The normalized spacial score (nSPS) is 11.1. The summed E-state index contributed by atoms with van der Waals surface area (Å²) in [5, 5.41) is 11.1. The molecule has 28 heavy (non-hydrogen) atoms. The van der Waals surface area contributed by atoms with Crippen LogP contribution in [0.5, 0.6) is 0 Å². The first kappa shape index (κ1) is 19.8. The van der Waals surface area contributed by atoms with Gasteiger partial charge in [0.05, 0.1) is 6.20 Å². The lowest BCUT2D eigenvalue weighted by Gasteiger charge is -2.04. The summed E-state index contributed by atoms with van der Waals surface area (Å²) >= 11 is 0. The first-order valence-electron chi connectivity index (χ1n) is 9.68. The van der Waals surface area contributed by atoms with E-state index in [0.29, 0.717) is 37.0 Å². The number of carbonyl (C=O) groups is 1. The second-order valence-corrected chi connectivity index (χ2v) is 7.26. The monoisotopic (exact) mass is 381 g/mol. The molecular weight excluding hydrogens is 354 g/mol. The molecule has 2 aromatic heterocycles. The summed E-state index contributed by atoms with van der Waals surface area (Å²) in [6.45, 7) is 4.96. The van der Waals surface area contributed by atoms with Crippen molar-refractivity contribution in [2.75, 3.05) is 6.54 Å². The van der Waals surface area contributed by atoms with Crippen molar-refractivity contribution in [1.82, 2.24) is 25.2 Å². The molecule has 148 valence electrons. The van der Waals surface area contributed by atoms with E-state index in [0.717, 1.165) is 18.4 Å². The maximum absolute atomic E-state index is 12.0. The molecule has 7 nitrogen and oxygen atoms in total. The molecule has 0 radical (unpaired) electrons. The Hall–Kier alpha value is -2.96. The molecule has 1 aromatic carbocycles. The summed E-state index contributed by atoms with van der Waals surface area (Å²) in [5.41, 5.74) is 3.36. The molecule has 0 bridgehead atoms. The minimum atomic E-state index is -0.00720. The number of aryl methyl sites for hydroxylation is 3. The van der Waals surface area contributed by atoms with Crippen molar-refractivity contribution in [3.8, 4) is 11.4 Å². The third-order valence-electron chi connectivity index (χ3n) is 4.59. The quantitative estimate of drug-likeness (QED) is 0.575. The number of amides is 1. The largest absolute Gasteiger partial charge is 0.356 e. The highest BCUT2D eigenvalue weighted by Gasteiger charge is 2.11. The Morgan fingerprint density at radius 2 is 2.00 bits per heavy atom. The SMILES string of the molecule is CC(C)c1ccc(-c2noc(CCC(=O)NCCCc3cnn(C)c3)n2)cc1. The van der Waals surface area contributed by atoms with E-state index in [1.165, 1.54) is 11.1 Å². The van der Waals surface area contributed by atoms with Crippen LogP contribution in [0.4, 0.5) is 0 Å². The Labute approximate surface area is 165 Å². The maximum atomic E-state index is 12.0. The fraction of sp³-hybridized carbons (Fsp3) is 0.429. The average Bonchev–Trinajstić information content (AvgIpc) is 3.32. The molecule has 0 aliphatic carbocycles. The second kappa shape index (κ2) is 9.30. The van der Waals surface area contributed by atoms with E-state index in [4.69, 9.17) is 4.52 Å². The topological polar surface area (TPSA) is 85.8 Å². The number of aromatic nitrogens is 4. The van der Waals surface area contributed by atoms with Gasteiger partial charge in [-0.2, -0.15) is 10.1 Å². The molecule has 7 heteroatoms. The molecule has 0 fully saturated rings. The summed E-state index contributed by atoms with van der Waals surface area (Å²) in [6.07, 6.45) is 6.40. The summed E-state index contributed by atoms with van der Waals surface area (Å²) < 4.78 is 7.07. The fourth-order valence-electron chi connectivity index (χ4n) is 2.92. The zero-order valence-electron chi connectivity index (χ0n) is 16.7. The molecule has 0 saturated carbocycles. The molecule has 0 aliphatic heterocycles. The van der Waals surface area contributed by atoms with E-state index in [9.17, 15) is 4.79 Å². The zero-order valence-corrected chi connectivity index (χ0v) is 16.7. The van der Waals surface area contributed by atoms with Gasteiger partial charge in [0, 0.05) is 38.2 Å². The highest BCUT2D eigenvalue weighted by Crippen LogP contribution is 2.20. The van der Waals surface area contributed by atoms with Crippen LogP contribution in [0.1, 0.15) is 49.6 Å². The minimum absolute atomic E-state index is 0.00720. The summed E-state index contributed by atoms with van der Waals surface area (Å²) in [6, 6.07) is 8.15. The van der Waals surface area contributed by atoms with Crippen LogP contribution < -0.4 is 5.32 Å². The average molecular weight is 381 g/mol. The van der Waals surface area contributed by atoms with Crippen LogP contribution in [0.15, 0.2) is 41.2 Å². The minimum Gasteiger partial charge on any atom is -0.356 e. The molecule has 0 aliphatic rings. The second-order valence-electron chi connectivity index (χ2n) is 7.26. The lowest BCUT2D eigenvalue weighted by molar-refractivity contribution is -0.121. The molecule has 1 amide bonds. The van der Waals surface area contributed by atoms with Gasteiger partial charge in [0.25, 0.3) is 0 Å². The van der Waals surface area contributed by atoms with Crippen molar-refractivity contribution in [3.63, 3.8) is 0 Å². The van der Waals surface area contributed by atoms with E-state index in [2.05, 4.69) is 46.5 Å². The molecular formula is C21H27N5O2. The third kappa shape index (κ3) is 5.52. The molecule has 0 spiro atoms. The van der Waals surface area contributed by atoms with Gasteiger partial charge in [-0.1, -0.05) is 43.3 Å². The summed E-state index contributed by atoms with van der Waals surface area (Å²) in [4.78, 5) is 16.4. The molecule has 1 N–H and O–H groups in total. The van der Waals surface area contributed by atoms with Crippen LogP contribution in [0.25, 0.3) is 11.4 Å². The van der Waals surface area contributed by atoms with Crippen LogP contribution in [0.2, 0.25) is 0 Å². The number of benzene rings is 1. The van der Waals surface area contributed by atoms with Crippen molar-refractivity contribution in [3.05, 3.63) is 53.7 Å². The molecule has 0 saturated heterocycles. The van der Waals surface area contributed by atoms with Crippen LogP contribution in [-0.2, 0) is 24.7 Å². The van der Waals surface area contributed by atoms with Gasteiger partial charge >= 0.3 is 0 Å². The van der Waals surface area contributed by atoms with Gasteiger partial charge < -0.3 is 9.84 Å². The zero-order chi connectivity index (χ0) is 19.9. The van der Waals surface area contributed by atoms with Crippen molar-refractivity contribution in [2.45, 2.75) is 45.4 Å². The highest BCUT2D eigenvalue weighted by atomic mass is 16.5. The Balaban J connectivity index is 1.40. The number of rotatable bonds is 9. The van der Waals surface area contributed by atoms with Gasteiger partial charge in [0.15, 0.2) is 0 Å². The Kier molecular flexibility index (Phi) is 6.57. The van der Waals surface area contributed by atoms with Gasteiger partial charge in [-0.15, -0.1) is 0 Å². The van der Waals surface area contributed by atoms with Gasteiger partial charge in [0.1, 0.15) is 0 Å². The van der Waals surface area contributed by atoms with Crippen LogP contribution in [0.3, 0.4) is 0 Å². The van der Waals surface area contributed by atoms with Crippen molar-refractivity contribution in [2.24, 2.45) is 7.05 Å². The van der Waals surface area contributed by atoms with E-state index < -0.39 is 0 Å². The van der Waals surface area contributed by atoms with E-state index in [-0.39, 0.29) is 5.91 Å². The molecule has 3 aromatic rings. The lowest BCUT2D eigenvalue weighted by Crippen LogP contribution is -2.25. The predicted molar refractivity (Wildman–Crippen MR) is 107 cm³/mol. The number of carbonyl (C=O) groups excluding carboxylic acids is 1. The number of nitrogens with zero attached hydrogens (tertiary/aromatic N) is 4. The first-order valence-corrected chi connectivity index (χ1v) is 9.68.